The van der Waals surface area contributed by atoms with Crippen LogP contribution in [0.5, 0.6) is 11.6 Å². The maximum absolute atomic E-state index is 13.9. The molecule has 168 valence electrons. The fraction of sp³-hybridized carbons (Fsp3) is 0.273. The molecule has 2 heterocycles. The van der Waals surface area contributed by atoms with Crippen LogP contribution in [0.15, 0.2) is 59.8 Å². The summed E-state index contributed by atoms with van der Waals surface area (Å²) in [6, 6.07) is 11.0. The first-order valence-electron chi connectivity index (χ1n) is 10.0. The van der Waals surface area contributed by atoms with Crippen molar-refractivity contribution in [1.82, 2.24) is 14.3 Å². The Labute approximate surface area is 185 Å². The van der Waals surface area contributed by atoms with Crippen LogP contribution in [0.1, 0.15) is 12.5 Å². The number of sulfonamides is 1. The number of ether oxygens (including phenoxy) is 1. The van der Waals surface area contributed by atoms with Crippen LogP contribution in [0.25, 0.3) is 0 Å². The predicted octanol–water partition coefficient (Wildman–Crippen LogP) is 3.75. The highest BCUT2D eigenvalue weighted by Gasteiger charge is 2.34. The van der Waals surface area contributed by atoms with E-state index in [1.807, 2.05) is 18.7 Å². The van der Waals surface area contributed by atoms with Crippen molar-refractivity contribution in [3.63, 3.8) is 0 Å². The lowest BCUT2D eigenvalue weighted by molar-refractivity contribution is 0.305. The van der Waals surface area contributed by atoms with Gasteiger partial charge in [0.05, 0.1) is 4.90 Å². The molecule has 4 rings (SSSR count). The minimum absolute atomic E-state index is 0.0999. The van der Waals surface area contributed by atoms with E-state index in [2.05, 4.69) is 9.97 Å². The number of benzene rings is 2. The van der Waals surface area contributed by atoms with Gasteiger partial charge in [0.15, 0.2) is 11.6 Å². The molecule has 1 aliphatic heterocycles. The van der Waals surface area contributed by atoms with Crippen LogP contribution in [-0.2, 0) is 10.0 Å². The predicted molar refractivity (Wildman–Crippen MR) is 115 cm³/mol. The average Bonchev–Trinajstić information content (AvgIpc) is 2.76. The number of aromatic nitrogens is 2. The van der Waals surface area contributed by atoms with Crippen molar-refractivity contribution in [2.24, 2.45) is 0 Å². The van der Waals surface area contributed by atoms with E-state index in [1.54, 1.807) is 30.3 Å². The Morgan fingerprint density at radius 1 is 1.03 bits per heavy atom. The summed E-state index contributed by atoms with van der Waals surface area (Å²) in [5.41, 5.74) is 0.990. The molecule has 0 unspecified atom stereocenters. The number of hydrogen-bond donors (Lipinski definition) is 0. The largest absolute Gasteiger partial charge is 0.436 e. The van der Waals surface area contributed by atoms with Gasteiger partial charge in [-0.3, -0.25) is 0 Å². The topological polar surface area (TPSA) is 75.6 Å². The van der Waals surface area contributed by atoms with E-state index in [0.29, 0.717) is 18.9 Å². The number of anilines is 1. The quantitative estimate of drug-likeness (QED) is 0.577. The van der Waals surface area contributed by atoms with E-state index in [4.69, 9.17) is 4.74 Å². The molecule has 0 aliphatic carbocycles. The Hall–Kier alpha value is -3.11. The zero-order chi connectivity index (χ0) is 22.9. The van der Waals surface area contributed by atoms with Crippen molar-refractivity contribution in [3.05, 3.63) is 72.1 Å². The summed E-state index contributed by atoms with van der Waals surface area (Å²) in [7, 11) is -3.61. The summed E-state index contributed by atoms with van der Waals surface area (Å²) in [5, 5.41) is 0. The Balaban J connectivity index is 1.49. The van der Waals surface area contributed by atoms with E-state index >= 15 is 0 Å². The van der Waals surface area contributed by atoms with Gasteiger partial charge in [-0.1, -0.05) is 17.7 Å². The summed E-state index contributed by atoms with van der Waals surface area (Å²) < 4.78 is 60.0. The molecular formula is C22H22F2N4O3S. The van der Waals surface area contributed by atoms with Crippen molar-refractivity contribution in [1.29, 1.82) is 0 Å². The van der Waals surface area contributed by atoms with Crippen LogP contribution in [0.4, 0.5) is 14.6 Å². The Morgan fingerprint density at radius 3 is 2.47 bits per heavy atom. The van der Waals surface area contributed by atoms with Gasteiger partial charge >= 0.3 is 0 Å². The number of nitrogens with zero attached hydrogens (tertiary/aromatic N) is 4. The second-order valence-corrected chi connectivity index (χ2v) is 9.51. The van der Waals surface area contributed by atoms with E-state index in [0.717, 1.165) is 17.7 Å². The first-order chi connectivity index (χ1) is 15.2. The highest BCUT2D eigenvalue weighted by molar-refractivity contribution is 7.89. The van der Waals surface area contributed by atoms with E-state index in [-0.39, 0.29) is 29.1 Å². The van der Waals surface area contributed by atoms with Crippen LogP contribution >= 0.6 is 0 Å². The normalized spacial score (nSPS) is 17.4. The molecule has 3 aromatic rings. The second kappa shape index (κ2) is 8.79. The maximum Gasteiger partial charge on any atom is 0.243 e. The Kier molecular flexibility index (Phi) is 6.07. The molecule has 0 bridgehead atoms. The van der Waals surface area contributed by atoms with E-state index in [1.165, 1.54) is 16.7 Å². The first kappa shape index (κ1) is 22.1. The van der Waals surface area contributed by atoms with Crippen molar-refractivity contribution in [2.45, 2.75) is 24.8 Å². The lowest BCUT2D eigenvalue weighted by atomic mass is 10.2. The molecular weight excluding hydrogens is 438 g/mol. The molecule has 1 saturated heterocycles. The molecule has 7 nitrogen and oxygen atoms in total. The van der Waals surface area contributed by atoms with Crippen LogP contribution in [0.2, 0.25) is 0 Å². The van der Waals surface area contributed by atoms with Crippen LogP contribution in [-0.4, -0.2) is 48.4 Å². The smallest absolute Gasteiger partial charge is 0.243 e. The number of rotatable bonds is 5. The number of piperazine rings is 1. The van der Waals surface area contributed by atoms with Crippen LogP contribution in [0, 0.1) is 18.6 Å². The van der Waals surface area contributed by atoms with Gasteiger partial charge in [-0.25, -0.2) is 27.2 Å². The van der Waals surface area contributed by atoms with Crippen LogP contribution < -0.4 is 9.64 Å². The number of hydrogen-bond acceptors (Lipinski definition) is 6. The Bertz CT molecular complexity index is 1220. The number of aryl methyl sites for hydroxylation is 1. The molecule has 0 radical (unpaired) electrons. The maximum atomic E-state index is 13.9. The van der Waals surface area contributed by atoms with Crippen molar-refractivity contribution in [2.75, 3.05) is 24.5 Å². The monoisotopic (exact) mass is 460 g/mol. The van der Waals surface area contributed by atoms with Gasteiger partial charge in [0.25, 0.3) is 0 Å². The standard InChI is InChI=1S/C22H22F2N4O3S/c1-15-3-6-18(7-4-15)32(29,30)28-10-9-27(13-16(28)2)21-12-22(26-14-25-21)31-20-8-5-17(23)11-19(20)24/h3-8,11-12,14,16H,9-10,13H2,1-2H3/t16-/m0/s1. The molecule has 1 atom stereocenters. The first-order valence-corrected chi connectivity index (χ1v) is 11.5. The van der Waals surface area contributed by atoms with Crippen LogP contribution in [0.3, 0.4) is 0 Å². The summed E-state index contributed by atoms with van der Waals surface area (Å²) in [4.78, 5) is 10.4. The molecule has 32 heavy (non-hydrogen) atoms. The lowest BCUT2D eigenvalue weighted by Gasteiger charge is -2.39. The third kappa shape index (κ3) is 4.56. The van der Waals surface area contributed by atoms with E-state index < -0.39 is 21.7 Å². The fourth-order valence-electron chi connectivity index (χ4n) is 3.58. The Morgan fingerprint density at radius 2 is 1.78 bits per heavy atom. The minimum Gasteiger partial charge on any atom is -0.436 e. The second-order valence-electron chi connectivity index (χ2n) is 7.62. The number of halogens is 2. The molecule has 0 saturated carbocycles. The minimum atomic E-state index is -3.61. The van der Waals surface area contributed by atoms with Crippen molar-refractivity contribution >= 4 is 15.8 Å². The molecule has 0 N–H and O–H groups in total. The van der Waals surface area contributed by atoms with Gasteiger partial charge in [0, 0.05) is 37.8 Å². The molecule has 0 amide bonds. The third-order valence-electron chi connectivity index (χ3n) is 5.25. The summed E-state index contributed by atoms with van der Waals surface area (Å²) >= 11 is 0. The van der Waals surface area contributed by atoms with Crippen molar-refractivity contribution in [3.8, 4) is 11.6 Å². The molecule has 1 aromatic heterocycles. The zero-order valence-corrected chi connectivity index (χ0v) is 18.4. The van der Waals surface area contributed by atoms with Gasteiger partial charge < -0.3 is 9.64 Å². The molecule has 1 fully saturated rings. The van der Waals surface area contributed by atoms with Gasteiger partial charge in [0.1, 0.15) is 18.0 Å². The molecule has 0 spiro atoms. The highest BCUT2D eigenvalue weighted by Crippen LogP contribution is 2.28. The zero-order valence-electron chi connectivity index (χ0n) is 17.6. The average molecular weight is 461 g/mol. The molecule has 10 heteroatoms. The van der Waals surface area contributed by atoms with Gasteiger partial charge in [0.2, 0.25) is 15.9 Å². The molecule has 2 aromatic carbocycles. The van der Waals surface area contributed by atoms with Gasteiger partial charge in [-0.2, -0.15) is 4.31 Å². The lowest BCUT2D eigenvalue weighted by Crippen LogP contribution is -2.54. The third-order valence-corrected chi connectivity index (χ3v) is 7.28. The highest BCUT2D eigenvalue weighted by atomic mass is 32.2. The van der Waals surface area contributed by atoms with Gasteiger partial charge in [-0.15, -0.1) is 0 Å². The summed E-state index contributed by atoms with van der Waals surface area (Å²) in [5.74, 6) is -1.07. The van der Waals surface area contributed by atoms with Crippen molar-refractivity contribution < 1.29 is 21.9 Å². The van der Waals surface area contributed by atoms with Gasteiger partial charge in [-0.05, 0) is 38.1 Å². The SMILES string of the molecule is Cc1ccc(S(=O)(=O)N2CCN(c3cc(Oc4ccc(F)cc4F)ncn3)C[C@@H]2C)cc1. The summed E-state index contributed by atoms with van der Waals surface area (Å²) in [6.45, 7) is 4.85. The van der Waals surface area contributed by atoms with E-state index in [9.17, 15) is 17.2 Å². The summed E-state index contributed by atoms with van der Waals surface area (Å²) in [6.07, 6.45) is 1.28. The fourth-order valence-corrected chi connectivity index (χ4v) is 5.19. The molecule has 1 aliphatic rings.